The predicted molar refractivity (Wildman–Crippen MR) is 100 cm³/mol. The van der Waals surface area contributed by atoms with Crippen molar-refractivity contribution in [2.24, 2.45) is 0 Å². The van der Waals surface area contributed by atoms with Gasteiger partial charge in [0.1, 0.15) is 5.76 Å². The van der Waals surface area contributed by atoms with Crippen molar-refractivity contribution in [1.29, 1.82) is 0 Å². The van der Waals surface area contributed by atoms with Crippen molar-refractivity contribution in [3.63, 3.8) is 0 Å². The summed E-state index contributed by atoms with van der Waals surface area (Å²) < 4.78 is 5.64. The highest BCUT2D eigenvalue weighted by molar-refractivity contribution is 5.65. The van der Waals surface area contributed by atoms with Gasteiger partial charge in [-0.2, -0.15) is 0 Å². The Balaban J connectivity index is 2.26. The summed E-state index contributed by atoms with van der Waals surface area (Å²) >= 11 is 0. The molecule has 136 valence electrons. The van der Waals surface area contributed by atoms with Crippen molar-refractivity contribution in [2.45, 2.75) is 44.6 Å². The maximum Gasteiger partial charge on any atom is 0.139 e. The summed E-state index contributed by atoms with van der Waals surface area (Å²) in [4.78, 5) is 2.15. The van der Waals surface area contributed by atoms with E-state index in [9.17, 15) is 5.11 Å². The molecule has 0 spiro atoms. The lowest BCUT2D eigenvalue weighted by atomic mass is 9.73. The van der Waals surface area contributed by atoms with Gasteiger partial charge >= 0.3 is 0 Å². The lowest BCUT2D eigenvalue weighted by Crippen LogP contribution is -2.48. The van der Waals surface area contributed by atoms with E-state index in [1.165, 1.54) is 0 Å². The Morgan fingerprint density at radius 1 is 1.28 bits per heavy atom. The first-order valence-electron chi connectivity index (χ1n) is 8.80. The van der Waals surface area contributed by atoms with Crippen LogP contribution in [0.4, 0.5) is 5.69 Å². The Hall–Kier alpha value is -1.85. The van der Waals surface area contributed by atoms with Crippen molar-refractivity contribution in [3.8, 4) is 0 Å². The molecule has 5 nitrogen and oxygen atoms in total. The van der Waals surface area contributed by atoms with E-state index in [-0.39, 0.29) is 17.9 Å². The number of hydrogen-bond acceptors (Lipinski definition) is 5. The molecule has 1 aromatic heterocycles. The lowest BCUT2D eigenvalue weighted by molar-refractivity contribution is 0.191. The van der Waals surface area contributed by atoms with Crippen LogP contribution in [0.15, 0.2) is 28.8 Å². The topological polar surface area (TPSA) is 61.5 Å². The molecule has 0 bridgehead atoms. The average Bonchev–Trinajstić information content (AvgIpc) is 3.04. The first kappa shape index (κ1) is 18.0. The molecule has 0 amide bonds. The van der Waals surface area contributed by atoms with Gasteiger partial charge in [-0.1, -0.05) is 44.1 Å². The monoisotopic (exact) mass is 343 g/mol. The van der Waals surface area contributed by atoms with E-state index >= 15 is 0 Å². The van der Waals surface area contributed by atoms with Gasteiger partial charge in [-0.15, -0.1) is 0 Å². The van der Waals surface area contributed by atoms with Gasteiger partial charge in [-0.3, -0.25) is 0 Å². The molecule has 1 aliphatic rings. The van der Waals surface area contributed by atoms with Crippen LogP contribution in [0, 0.1) is 6.92 Å². The molecule has 1 aliphatic heterocycles. The summed E-state index contributed by atoms with van der Waals surface area (Å²) in [5, 5.41) is 18.5. The Morgan fingerprint density at radius 3 is 2.56 bits per heavy atom. The van der Waals surface area contributed by atoms with Crippen LogP contribution in [0.25, 0.3) is 0 Å². The third-order valence-electron chi connectivity index (χ3n) is 5.06. The van der Waals surface area contributed by atoms with Crippen LogP contribution in [0.5, 0.6) is 0 Å². The summed E-state index contributed by atoms with van der Waals surface area (Å²) in [6.45, 7) is 9.20. The molecule has 2 unspecified atom stereocenters. The van der Waals surface area contributed by atoms with E-state index in [1.54, 1.807) is 0 Å². The fraction of sp³-hybridized carbons (Fsp3) is 0.550. The van der Waals surface area contributed by atoms with Gasteiger partial charge in [0.25, 0.3) is 0 Å². The maximum absolute atomic E-state index is 10.3. The van der Waals surface area contributed by atoms with Crippen molar-refractivity contribution < 1.29 is 9.63 Å². The summed E-state index contributed by atoms with van der Waals surface area (Å²) in [6.07, 6.45) is 0. The highest BCUT2D eigenvalue weighted by Crippen LogP contribution is 2.51. The van der Waals surface area contributed by atoms with E-state index in [4.69, 9.17) is 4.52 Å². The molecule has 25 heavy (non-hydrogen) atoms. The van der Waals surface area contributed by atoms with Crippen LogP contribution in [0.3, 0.4) is 0 Å². The molecule has 2 atom stereocenters. The smallest absolute Gasteiger partial charge is 0.139 e. The van der Waals surface area contributed by atoms with E-state index in [0.717, 1.165) is 34.8 Å². The largest absolute Gasteiger partial charge is 0.396 e. The number of fused-ring (bicyclic) bond motifs is 1. The molecule has 2 heterocycles. The minimum absolute atomic E-state index is 0.0616. The number of rotatable bonds is 4. The number of aryl methyl sites for hydroxylation is 1. The highest BCUT2D eigenvalue weighted by atomic mass is 16.5. The van der Waals surface area contributed by atoms with Crippen LogP contribution in [0.2, 0.25) is 0 Å². The van der Waals surface area contributed by atoms with Crippen molar-refractivity contribution in [1.82, 2.24) is 10.1 Å². The van der Waals surface area contributed by atoms with Crippen LogP contribution in [-0.4, -0.2) is 42.4 Å². The van der Waals surface area contributed by atoms with E-state index in [1.807, 2.05) is 19.1 Å². The van der Waals surface area contributed by atoms with Gasteiger partial charge < -0.3 is 19.8 Å². The number of para-hydroxylation sites is 1. The number of aliphatic hydroxyl groups excluding tert-OH is 1. The van der Waals surface area contributed by atoms with Gasteiger partial charge in [-0.25, -0.2) is 0 Å². The third kappa shape index (κ3) is 2.85. The molecule has 1 aromatic carbocycles. The quantitative estimate of drug-likeness (QED) is 0.892. The summed E-state index contributed by atoms with van der Waals surface area (Å²) in [5.74, 6) is 0.746. The SMILES string of the molecule is Cc1onc(C(C)(C)C)c1C1(CN(C)C)Nc2ccccc2C1CO. The van der Waals surface area contributed by atoms with Crippen LogP contribution in [0.1, 0.15) is 49.3 Å². The number of benzene rings is 1. The Kier molecular flexibility index (Phi) is 4.41. The zero-order valence-corrected chi connectivity index (χ0v) is 16.1. The minimum Gasteiger partial charge on any atom is -0.396 e. The summed E-state index contributed by atoms with van der Waals surface area (Å²) in [6, 6.07) is 8.23. The van der Waals surface area contributed by atoms with E-state index in [0.29, 0.717) is 0 Å². The Labute approximate surface area is 150 Å². The van der Waals surface area contributed by atoms with Gasteiger partial charge in [0.2, 0.25) is 0 Å². The fourth-order valence-electron chi connectivity index (χ4n) is 4.14. The van der Waals surface area contributed by atoms with Crippen molar-refractivity contribution >= 4 is 5.69 Å². The average molecular weight is 343 g/mol. The van der Waals surface area contributed by atoms with Crippen molar-refractivity contribution in [3.05, 3.63) is 46.8 Å². The molecule has 5 heteroatoms. The molecule has 3 rings (SSSR count). The van der Waals surface area contributed by atoms with Crippen molar-refractivity contribution in [2.75, 3.05) is 32.6 Å². The second-order valence-corrected chi connectivity index (χ2v) is 8.37. The fourth-order valence-corrected chi connectivity index (χ4v) is 4.14. The number of aliphatic hydroxyl groups is 1. The molecule has 2 N–H and O–H groups in total. The Morgan fingerprint density at radius 2 is 1.96 bits per heavy atom. The van der Waals surface area contributed by atoms with Gasteiger partial charge in [-0.05, 0) is 32.6 Å². The number of likely N-dealkylation sites (N-methyl/N-ethyl adjacent to an activating group) is 1. The molecule has 0 aliphatic carbocycles. The number of anilines is 1. The molecule has 0 saturated heterocycles. The first-order chi connectivity index (χ1) is 11.7. The number of nitrogens with zero attached hydrogens (tertiary/aromatic N) is 2. The third-order valence-corrected chi connectivity index (χ3v) is 5.06. The molecular formula is C20H29N3O2. The Bertz CT molecular complexity index is 761. The maximum atomic E-state index is 10.3. The molecule has 2 aromatic rings. The molecule has 0 fully saturated rings. The standard InChI is InChI=1S/C20H29N3O2/c1-13-17(18(22-25-13)19(2,3)4)20(12-23(5)6)15(11-24)14-9-7-8-10-16(14)21-20/h7-10,15,21,24H,11-12H2,1-6H3. The summed E-state index contributed by atoms with van der Waals surface area (Å²) in [5.41, 5.74) is 3.61. The van der Waals surface area contributed by atoms with Crippen LogP contribution >= 0.6 is 0 Å². The zero-order chi connectivity index (χ0) is 18.4. The van der Waals surface area contributed by atoms with Crippen LogP contribution < -0.4 is 5.32 Å². The number of hydrogen-bond donors (Lipinski definition) is 2. The normalized spacial score (nSPS) is 23.0. The predicted octanol–water partition coefficient (Wildman–Crippen LogP) is 3.24. The van der Waals surface area contributed by atoms with Gasteiger partial charge in [0.15, 0.2) is 0 Å². The lowest BCUT2D eigenvalue weighted by Gasteiger charge is -2.39. The van der Waals surface area contributed by atoms with E-state index < -0.39 is 5.54 Å². The second kappa shape index (κ2) is 6.15. The molecular weight excluding hydrogens is 314 g/mol. The van der Waals surface area contributed by atoms with Crippen LogP contribution in [-0.2, 0) is 11.0 Å². The molecule has 0 radical (unpaired) electrons. The summed E-state index contributed by atoms with van der Waals surface area (Å²) in [7, 11) is 4.11. The minimum atomic E-state index is -0.478. The number of aromatic nitrogens is 1. The second-order valence-electron chi connectivity index (χ2n) is 8.37. The first-order valence-corrected chi connectivity index (χ1v) is 8.80. The molecule has 0 saturated carbocycles. The highest BCUT2D eigenvalue weighted by Gasteiger charge is 2.51. The van der Waals surface area contributed by atoms with Gasteiger partial charge in [0, 0.05) is 29.1 Å². The zero-order valence-electron chi connectivity index (χ0n) is 16.1. The van der Waals surface area contributed by atoms with E-state index in [2.05, 4.69) is 62.4 Å². The number of nitrogens with one attached hydrogen (secondary N) is 1. The van der Waals surface area contributed by atoms with Gasteiger partial charge in [0.05, 0.1) is 17.8 Å².